The third-order valence-electron chi connectivity index (χ3n) is 4.96. The van der Waals surface area contributed by atoms with E-state index in [0.717, 1.165) is 32.5 Å². The monoisotopic (exact) mass is 379 g/mol. The Morgan fingerprint density at radius 2 is 1.96 bits per heavy atom. The van der Waals surface area contributed by atoms with Crippen LogP contribution in [-0.4, -0.2) is 69.1 Å². The molecule has 1 unspecified atom stereocenters. The average Bonchev–Trinajstić information content (AvgIpc) is 2.64. The van der Waals surface area contributed by atoms with Gasteiger partial charge in [-0.05, 0) is 39.1 Å². The molecule has 5 nitrogen and oxygen atoms in total. The molecule has 1 saturated heterocycles. The normalized spacial score (nSPS) is 17.8. The highest BCUT2D eigenvalue weighted by Gasteiger charge is 2.23. The van der Waals surface area contributed by atoms with Gasteiger partial charge in [-0.15, -0.1) is 6.58 Å². The number of hydrogen-bond donors (Lipinski definition) is 2. The molecule has 7 heteroatoms. The molecule has 0 aromatic heterocycles. The summed E-state index contributed by atoms with van der Waals surface area (Å²) in [4.78, 5) is 8.43. The first-order valence-electron chi connectivity index (χ1n) is 9.37. The maximum atomic E-state index is 14.2. The molecule has 1 aliphatic rings. The van der Waals surface area contributed by atoms with Crippen LogP contribution < -0.4 is 10.6 Å². The summed E-state index contributed by atoms with van der Waals surface area (Å²) in [5.41, 5.74) is 0.0724. The second kappa shape index (κ2) is 10.4. The van der Waals surface area contributed by atoms with Crippen molar-refractivity contribution in [3.63, 3.8) is 0 Å². The standard InChI is InChI=1S/C20H31F2N5/c1-5-11-27-12-9-15(10-13-27)25-20(23-2)24-14-18(26(3)4)19-16(21)7-6-8-17(19)22/h5-8,15,18H,1,9-14H2,2-4H3,(H2,23,24,25). The lowest BCUT2D eigenvalue weighted by Gasteiger charge is -2.33. The average molecular weight is 379 g/mol. The molecule has 0 saturated carbocycles. The molecule has 1 aromatic carbocycles. The van der Waals surface area contributed by atoms with Gasteiger partial charge < -0.3 is 15.5 Å². The van der Waals surface area contributed by atoms with Crippen molar-refractivity contribution in [3.05, 3.63) is 48.1 Å². The van der Waals surface area contributed by atoms with Crippen LogP contribution in [-0.2, 0) is 0 Å². The van der Waals surface area contributed by atoms with Crippen LogP contribution in [0.3, 0.4) is 0 Å². The van der Waals surface area contributed by atoms with Crippen molar-refractivity contribution < 1.29 is 8.78 Å². The van der Waals surface area contributed by atoms with Crippen LogP contribution in [0.4, 0.5) is 8.78 Å². The lowest BCUT2D eigenvalue weighted by atomic mass is 10.0. The summed E-state index contributed by atoms with van der Waals surface area (Å²) in [5.74, 6) is -0.415. The Balaban J connectivity index is 1.94. The van der Waals surface area contributed by atoms with Crippen LogP contribution in [0.15, 0.2) is 35.8 Å². The number of benzene rings is 1. The fraction of sp³-hybridized carbons (Fsp3) is 0.550. The highest BCUT2D eigenvalue weighted by Crippen LogP contribution is 2.23. The Hall–Kier alpha value is -1.99. The predicted octanol–water partition coefficient (Wildman–Crippen LogP) is 2.38. The Bertz CT molecular complexity index is 619. The fourth-order valence-corrected chi connectivity index (χ4v) is 3.40. The van der Waals surface area contributed by atoms with E-state index in [9.17, 15) is 8.78 Å². The zero-order chi connectivity index (χ0) is 19.8. The molecule has 1 fully saturated rings. The van der Waals surface area contributed by atoms with Crippen molar-refractivity contribution in [1.29, 1.82) is 0 Å². The van der Waals surface area contributed by atoms with Gasteiger partial charge in [0.1, 0.15) is 11.6 Å². The minimum atomic E-state index is -0.534. The summed E-state index contributed by atoms with van der Waals surface area (Å²) >= 11 is 0. The molecule has 1 aliphatic heterocycles. The largest absolute Gasteiger partial charge is 0.354 e. The van der Waals surface area contributed by atoms with Crippen LogP contribution in [0.25, 0.3) is 0 Å². The van der Waals surface area contributed by atoms with Gasteiger partial charge >= 0.3 is 0 Å². The number of nitrogens with one attached hydrogen (secondary N) is 2. The molecular formula is C20H31F2N5. The zero-order valence-corrected chi connectivity index (χ0v) is 16.5. The molecule has 1 atom stereocenters. The Kier molecular flexibility index (Phi) is 8.19. The fourth-order valence-electron chi connectivity index (χ4n) is 3.40. The number of nitrogens with zero attached hydrogens (tertiary/aromatic N) is 3. The maximum Gasteiger partial charge on any atom is 0.191 e. The highest BCUT2D eigenvalue weighted by atomic mass is 19.1. The van der Waals surface area contributed by atoms with Gasteiger partial charge in [-0.1, -0.05) is 12.1 Å². The SMILES string of the molecule is C=CCN1CCC(NC(=NC)NCC(c2c(F)cccc2F)N(C)C)CC1. The summed E-state index contributed by atoms with van der Waals surface area (Å²) in [6.07, 6.45) is 3.97. The molecule has 0 bridgehead atoms. The first-order chi connectivity index (χ1) is 13.0. The third kappa shape index (κ3) is 6.01. The van der Waals surface area contributed by atoms with Gasteiger partial charge in [-0.25, -0.2) is 8.78 Å². The summed E-state index contributed by atoms with van der Waals surface area (Å²) in [7, 11) is 5.32. The number of hydrogen-bond acceptors (Lipinski definition) is 3. The molecule has 1 heterocycles. The molecule has 0 amide bonds. The first-order valence-corrected chi connectivity index (χ1v) is 9.37. The van der Waals surface area contributed by atoms with E-state index in [0.29, 0.717) is 18.5 Å². The van der Waals surface area contributed by atoms with E-state index in [1.807, 2.05) is 20.2 Å². The van der Waals surface area contributed by atoms with Gasteiger partial charge in [0.25, 0.3) is 0 Å². The van der Waals surface area contributed by atoms with Crippen molar-refractivity contribution >= 4 is 5.96 Å². The quantitative estimate of drug-likeness (QED) is 0.434. The lowest BCUT2D eigenvalue weighted by Crippen LogP contribution is -2.49. The number of halogens is 2. The smallest absolute Gasteiger partial charge is 0.191 e. The molecular weight excluding hydrogens is 348 g/mol. The maximum absolute atomic E-state index is 14.2. The van der Waals surface area contributed by atoms with Crippen molar-refractivity contribution in [2.75, 3.05) is 47.3 Å². The van der Waals surface area contributed by atoms with Gasteiger partial charge in [0.15, 0.2) is 5.96 Å². The van der Waals surface area contributed by atoms with Crippen LogP contribution in [0.1, 0.15) is 24.4 Å². The summed E-state index contributed by atoms with van der Waals surface area (Å²) in [5, 5.41) is 6.65. The first kappa shape index (κ1) is 21.3. The van der Waals surface area contributed by atoms with E-state index in [-0.39, 0.29) is 5.56 Å². The number of likely N-dealkylation sites (N-methyl/N-ethyl adjacent to an activating group) is 1. The van der Waals surface area contributed by atoms with Crippen molar-refractivity contribution in [1.82, 2.24) is 20.4 Å². The minimum absolute atomic E-state index is 0.0724. The Morgan fingerprint density at radius 3 is 2.48 bits per heavy atom. The van der Waals surface area contributed by atoms with Crippen LogP contribution in [0.2, 0.25) is 0 Å². The molecule has 0 radical (unpaired) electrons. The summed E-state index contributed by atoms with van der Waals surface area (Å²) in [6, 6.07) is 3.85. The second-order valence-electron chi connectivity index (χ2n) is 7.08. The summed E-state index contributed by atoms with van der Waals surface area (Å²) < 4.78 is 28.4. The van der Waals surface area contributed by atoms with Gasteiger partial charge in [0.05, 0.1) is 6.04 Å². The number of rotatable bonds is 7. The Morgan fingerprint density at radius 1 is 1.33 bits per heavy atom. The third-order valence-corrected chi connectivity index (χ3v) is 4.96. The van der Waals surface area contributed by atoms with E-state index in [4.69, 9.17) is 0 Å². The van der Waals surface area contributed by atoms with E-state index < -0.39 is 17.7 Å². The molecule has 0 aliphatic carbocycles. The molecule has 2 N–H and O–H groups in total. The van der Waals surface area contributed by atoms with Gasteiger partial charge in [0, 0.05) is 44.8 Å². The molecule has 150 valence electrons. The van der Waals surface area contributed by atoms with Crippen LogP contribution >= 0.6 is 0 Å². The summed E-state index contributed by atoms with van der Waals surface area (Å²) in [6.45, 7) is 7.08. The number of guanidine groups is 1. The van der Waals surface area contributed by atoms with Crippen LogP contribution in [0, 0.1) is 11.6 Å². The topological polar surface area (TPSA) is 42.9 Å². The highest BCUT2D eigenvalue weighted by molar-refractivity contribution is 5.80. The zero-order valence-electron chi connectivity index (χ0n) is 16.5. The van der Waals surface area contributed by atoms with E-state index in [2.05, 4.69) is 27.1 Å². The van der Waals surface area contributed by atoms with Crippen LogP contribution in [0.5, 0.6) is 0 Å². The van der Waals surface area contributed by atoms with Gasteiger partial charge in [-0.3, -0.25) is 9.89 Å². The number of piperidine rings is 1. The molecule has 27 heavy (non-hydrogen) atoms. The predicted molar refractivity (Wildman–Crippen MR) is 107 cm³/mol. The number of aliphatic imine (C=N–C) groups is 1. The molecule has 2 rings (SSSR count). The van der Waals surface area contributed by atoms with Crippen molar-refractivity contribution in [2.24, 2.45) is 4.99 Å². The van der Waals surface area contributed by atoms with Crippen molar-refractivity contribution in [3.8, 4) is 0 Å². The van der Waals surface area contributed by atoms with Gasteiger partial charge in [0.2, 0.25) is 0 Å². The van der Waals surface area contributed by atoms with Gasteiger partial charge in [-0.2, -0.15) is 0 Å². The second-order valence-corrected chi connectivity index (χ2v) is 7.08. The minimum Gasteiger partial charge on any atom is -0.354 e. The Labute approximate surface area is 161 Å². The van der Waals surface area contributed by atoms with E-state index >= 15 is 0 Å². The van der Waals surface area contributed by atoms with E-state index in [1.54, 1.807) is 11.9 Å². The molecule has 0 spiro atoms. The lowest BCUT2D eigenvalue weighted by molar-refractivity contribution is 0.224. The van der Waals surface area contributed by atoms with E-state index in [1.165, 1.54) is 18.2 Å². The number of likely N-dealkylation sites (tertiary alicyclic amines) is 1. The van der Waals surface area contributed by atoms with Crippen molar-refractivity contribution in [2.45, 2.75) is 24.9 Å². The molecule has 1 aromatic rings.